The molecule has 1 atom stereocenters. The molecule has 0 saturated carbocycles. The van der Waals surface area contributed by atoms with Crippen LogP contribution in [0.25, 0.3) is 0 Å². The zero-order valence-electron chi connectivity index (χ0n) is 8.54. The Hall–Kier alpha value is -1.55. The van der Waals surface area contributed by atoms with E-state index in [1.54, 1.807) is 6.21 Å². The fourth-order valence-electron chi connectivity index (χ4n) is 1.36. The zero-order valence-corrected chi connectivity index (χ0v) is 9.30. The van der Waals surface area contributed by atoms with E-state index in [0.29, 0.717) is 12.4 Å². The first-order valence-electron chi connectivity index (χ1n) is 4.93. The average molecular weight is 239 g/mol. The highest BCUT2D eigenvalue weighted by Crippen LogP contribution is 2.12. The summed E-state index contributed by atoms with van der Waals surface area (Å²) >= 11 is 5.60. The molecule has 1 aliphatic heterocycles. The molecule has 1 amide bonds. The van der Waals surface area contributed by atoms with Gasteiger partial charge in [-0.2, -0.15) is 10.1 Å². The summed E-state index contributed by atoms with van der Waals surface area (Å²) in [6, 6.07) is 9.55. The van der Waals surface area contributed by atoms with E-state index in [-0.39, 0.29) is 6.10 Å². The molecule has 4 nitrogen and oxygen atoms in total. The molecule has 0 N–H and O–H groups in total. The highest BCUT2D eigenvalue weighted by Gasteiger charge is 2.30. The van der Waals surface area contributed by atoms with E-state index in [1.165, 1.54) is 5.01 Å². The molecular weight excluding hydrogens is 228 g/mol. The van der Waals surface area contributed by atoms with E-state index in [2.05, 4.69) is 5.10 Å². The number of alkyl halides is 1. The number of hydrogen-bond acceptors (Lipinski definition) is 3. The normalized spacial score (nSPS) is 20.4. The number of amides is 1. The summed E-state index contributed by atoms with van der Waals surface area (Å²) in [7, 11) is 0. The van der Waals surface area contributed by atoms with Crippen LogP contribution in [0.4, 0.5) is 4.79 Å². The summed E-state index contributed by atoms with van der Waals surface area (Å²) in [4.78, 5) is 11.3. The van der Waals surface area contributed by atoms with E-state index >= 15 is 0 Å². The quantitative estimate of drug-likeness (QED) is 0.598. The molecule has 0 radical (unpaired) electrons. The second-order valence-electron chi connectivity index (χ2n) is 3.40. The third-order valence-corrected chi connectivity index (χ3v) is 2.52. The van der Waals surface area contributed by atoms with Gasteiger partial charge in [-0.15, -0.1) is 11.6 Å². The highest BCUT2D eigenvalue weighted by atomic mass is 35.5. The summed E-state index contributed by atoms with van der Waals surface area (Å²) in [5.41, 5.74) is 0.935. The van der Waals surface area contributed by atoms with Crippen molar-refractivity contribution in [2.24, 2.45) is 5.10 Å². The van der Waals surface area contributed by atoms with Gasteiger partial charge in [0.25, 0.3) is 0 Å². The van der Waals surface area contributed by atoms with Crippen LogP contribution in [0, 0.1) is 0 Å². The Labute approximate surface area is 98.5 Å². The molecule has 0 spiro atoms. The molecule has 0 aliphatic carbocycles. The van der Waals surface area contributed by atoms with Crippen molar-refractivity contribution in [3.8, 4) is 0 Å². The van der Waals surface area contributed by atoms with Gasteiger partial charge in [0.2, 0.25) is 0 Å². The van der Waals surface area contributed by atoms with E-state index < -0.39 is 6.09 Å². The number of halogens is 1. The summed E-state index contributed by atoms with van der Waals surface area (Å²) in [6.07, 6.45) is 0.914. The fourth-order valence-corrected chi connectivity index (χ4v) is 1.52. The van der Waals surface area contributed by atoms with Crippen molar-refractivity contribution < 1.29 is 9.53 Å². The van der Waals surface area contributed by atoms with E-state index in [1.807, 2.05) is 30.3 Å². The molecule has 1 saturated heterocycles. The number of nitrogens with zero attached hydrogens (tertiary/aromatic N) is 2. The summed E-state index contributed by atoms with van der Waals surface area (Å²) in [6.45, 7) is 0.408. The van der Waals surface area contributed by atoms with Gasteiger partial charge in [-0.1, -0.05) is 30.3 Å². The molecule has 1 unspecified atom stereocenters. The number of carbonyl (C=O) groups excluding carboxylic acids is 1. The maximum Gasteiger partial charge on any atom is 0.430 e. The Kier molecular flexibility index (Phi) is 3.41. The standard InChI is InChI=1S/C11H11ClN2O2/c12-6-10-8-14(11(15)16-10)13-7-9-4-2-1-3-5-9/h1-5,7,10H,6,8H2/b13-7+. The van der Waals surface area contributed by atoms with Gasteiger partial charge in [0.15, 0.2) is 0 Å². The third kappa shape index (κ3) is 2.52. The third-order valence-electron chi connectivity index (χ3n) is 2.17. The zero-order chi connectivity index (χ0) is 11.4. The van der Waals surface area contributed by atoms with Crippen LogP contribution in [0.2, 0.25) is 0 Å². The number of carbonyl (C=O) groups is 1. The van der Waals surface area contributed by atoms with Crippen LogP contribution >= 0.6 is 11.6 Å². The molecule has 1 aromatic carbocycles. The van der Waals surface area contributed by atoms with E-state index in [4.69, 9.17) is 16.3 Å². The lowest BCUT2D eigenvalue weighted by molar-refractivity contribution is 0.140. The van der Waals surface area contributed by atoms with Gasteiger partial charge in [0.05, 0.1) is 18.6 Å². The fraction of sp³-hybridized carbons (Fsp3) is 0.273. The topological polar surface area (TPSA) is 41.9 Å². The number of benzene rings is 1. The van der Waals surface area contributed by atoms with Gasteiger partial charge in [0, 0.05) is 0 Å². The monoisotopic (exact) mass is 238 g/mol. The predicted molar refractivity (Wildman–Crippen MR) is 61.7 cm³/mol. The lowest BCUT2D eigenvalue weighted by Gasteiger charge is -2.03. The molecule has 0 bridgehead atoms. The highest BCUT2D eigenvalue weighted by molar-refractivity contribution is 6.18. The number of hydrazone groups is 1. The lowest BCUT2D eigenvalue weighted by atomic mass is 10.2. The smallest absolute Gasteiger partial charge is 0.430 e. The minimum absolute atomic E-state index is 0.262. The van der Waals surface area contributed by atoms with Crippen molar-refractivity contribution >= 4 is 23.9 Å². The largest absolute Gasteiger partial charge is 0.442 e. The molecular formula is C11H11ClN2O2. The minimum atomic E-state index is -0.446. The molecule has 5 heteroatoms. The van der Waals surface area contributed by atoms with Crippen molar-refractivity contribution in [2.75, 3.05) is 12.4 Å². The number of hydrogen-bond donors (Lipinski definition) is 0. The molecule has 2 rings (SSSR count). The maximum absolute atomic E-state index is 11.3. The van der Waals surface area contributed by atoms with Crippen LogP contribution in [-0.2, 0) is 4.74 Å². The summed E-state index contributed by atoms with van der Waals surface area (Å²) in [5.74, 6) is 0.295. The Morgan fingerprint density at radius 2 is 2.25 bits per heavy atom. The van der Waals surface area contributed by atoms with Gasteiger partial charge in [-0.05, 0) is 5.56 Å². The van der Waals surface area contributed by atoms with Gasteiger partial charge in [0.1, 0.15) is 6.10 Å². The lowest BCUT2D eigenvalue weighted by Crippen LogP contribution is -2.19. The first-order valence-corrected chi connectivity index (χ1v) is 5.46. The molecule has 16 heavy (non-hydrogen) atoms. The van der Waals surface area contributed by atoms with E-state index in [0.717, 1.165) is 5.56 Å². The van der Waals surface area contributed by atoms with Gasteiger partial charge < -0.3 is 4.74 Å². The second kappa shape index (κ2) is 4.99. The maximum atomic E-state index is 11.3. The molecule has 0 aromatic heterocycles. The minimum Gasteiger partial charge on any atom is -0.442 e. The Balaban J connectivity index is 2.00. The van der Waals surface area contributed by atoms with Gasteiger partial charge >= 0.3 is 6.09 Å². The van der Waals surface area contributed by atoms with Crippen molar-refractivity contribution in [2.45, 2.75) is 6.10 Å². The van der Waals surface area contributed by atoms with Gasteiger partial charge in [-0.3, -0.25) is 0 Å². The molecule has 1 fully saturated rings. The number of rotatable bonds is 3. The van der Waals surface area contributed by atoms with Crippen LogP contribution < -0.4 is 0 Å². The van der Waals surface area contributed by atoms with E-state index in [9.17, 15) is 4.79 Å². The Morgan fingerprint density at radius 1 is 1.50 bits per heavy atom. The summed E-state index contributed by atoms with van der Waals surface area (Å²) in [5, 5.41) is 5.33. The van der Waals surface area contributed by atoms with Crippen LogP contribution in [0.15, 0.2) is 35.4 Å². The SMILES string of the molecule is O=C1OC(CCl)CN1/N=C/c1ccccc1. The Bertz CT molecular complexity index is 394. The van der Waals surface area contributed by atoms with Crippen LogP contribution in [-0.4, -0.2) is 35.8 Å². The van der Waals surface area contributed by atoms with Crippen molar-refractivity contribution in [1.29, 1.82) is 0 Å². The van der Waals surface area contributed by atoms with Crippen LogP contribution in [0.5, 0.6) is 0 Å². The number of ether oxygens (including phenoxy) is 1. The van der Waals surface area contributed by atoms with Gasteiger partial charge in [-0.25, -0.2) is 4.79 Å². The molecule has 1 aromatic rings. The average Bonchev–Trinajstić information content (AvgIpc) is 2.69. The second-order valence-corrected chi connectivity index (χ2v) is 3.71. The summed E-state index contributed by atoms with van der Waals surface area (Å²) < 4.78 is 4.95. The molecule has 84 valence electrons. The first kappa shape index (κ1) is 11.0. The van der Waals surface area contributed by atoms with Crippen LogP contribution in [0.3, 0.4) is 0 Å². The first-order chi connectivity index (χ1) is 7.79. The van der Waals surface area contributed by atoms with Crippen molar-refractivity contribution in [3.63, 3.8) is 0 Å². The Morgan fingerprint density at radius 3 is 2.88 bits per heavy atom. The molecule has 1 heterocycles. The molecule has 1 aliphatic rings. The predicted octanol–water partition coefficient (Wildman–Crippen LogP) is 2.08. The van der Waals surface area contributed by atoms with Crippen molar-refractivity contribution in [1.82, 2.24) is 5.01 Å². The van der Waals surface area contributed by atoms with Crippen molar-refractivity contribution in [3.05, 3.63) is 35.9 Å². The number of cyclic esters (lactones) is 1. The van der Waals surface area contributed by atoms with Crippen LogP contribution in [0.1, 0.15) is 5.56 Å².